The highest BCUT2D eigenvalue weighted by Crippen LogP contribution is 2.31. The Bertz CT molecular complexity index is 531. The van der Waals surface area contributed by atoms with Crippen molar-refractivity contribution in [3.8, 4) is 0 Å². The molecule has 0 saturated heterocycles. The van der Waals surface area contributed by atoms with E-state index in [1.165, 1.54) is 5.56 Å². The van der Waals surface area contributed by atoms with Gasteiger partial charge in [-0.2, -0.15) is 0 Å². The average molecular weight is 344 g/mol. The zero-order valence-corrected chi connectivity index (χ0v) is 12.7. The molecule has 18 heavy (non-hydrogen) atoms. The van der Waals surface area contributed by atoms with Gasteiger partial charge in [0.05, 0.1) is 0 Å². The fourth-order valence-corrected chi connectivity index (χ4v) is 2.86. The molecule has 5 heteroatoms. The second-order valence-electron chi connectivity index (χ2n) is 3.71. The van der Waals surface area contributed by atoms with Crippen LogP contribution in [0.2, 0.25) is 5.02 Å². The lowest BCUT2D eigenvalue weighted by Gasteiger charge is -2.08. The Morgan fingerprint density at radius 3 is 2.78 bits per heavy atom. The van der Waals surface area contributed by atoms with E-state index in [2.05, 4.69) is 20.9 Å². The number of nitrogens with two attached hydrogens (primary N) is 1. The van der Waals surface area contributed by atoms with E-state index in [1.54, 1.807) is 18.0 Å². The molecule has 0 aliphatic rings. The van der Waals surface area contributed by atoms with E-state index in [9.17, 15) is 0 Å². The van der Waals surface area contributed by atoms with E-state index in [-0.39, 0.29) is 0 Å². The van der Waals surface area contributed by atoms with Gasteiger partial charge >= 0.3 is 0 Å². The fraction of sp³-hybridized carbons (Fsp3) is 0.154. The van der Waals surface area contributed by atoms with Crippen LogP contribution in [0.25, 0.3) is 0 Å². The van der Waals surface area contributed by atoms with Crippen LogP contribution in [0.4, 0.5) is 0 Å². The highest BCUT2D eigenvalue weighted by Gasteiger charge is 2.06. The summed E-state index contributed by atoms with van der Waals surface area (Å²) in [7, 11) is 0. The van der Waals surface area contributed by atoms with Crippen LogP contribution in [-0.2, 0) is 6.42 Å². The number of nitrogens with zero attached hydrogens (tertiary/aromatic N) is 1. The second-order valence-corrected chi connectivity index (χ2v) is 6.12. The van der Waals surface area contributed by atoms with E-state index < -0.39 is 0 Å². The summed E-state index contributed by atoms with van der Waals surface area (Å²) in [6, 6.07) is 9.84. The fourth-order valence-electron chi connectivity index (χ4n) is 1.53. The van der Waals surface area contributed by atoms with Gasteiger partial charge in [-0.25, -0.2) is 4.98 Å². The van der Waals surface area contributed by atoms with Crippen molar-refractivity contribution in [2.24, 2.45) is 5.73 Å². The summed E-state index contributed by atoms with van der Waals surface area (Å²) in [6.07, 6.45) is 2.61. The minimum absolute atomic E-state index is 0.613. The molecule has 94 valence electrons. The molecule has 0 saturated carbocycles. The number of hydrogen-bond acceptors (Lipinski definition) is 3. The van der Waals surface area contributed by atoms with Crippen molar-refractivity contribution in [3.05, 3.63) is 51.6 Å². The highest BCUT2D eigenvalue weighted by molar-refractivity contribution is 9.10. The molecule has 0 amide bonds. The highest BCUT2D eigenvalue weighted by atomic mass is 79.9. The van der Waals surface area contributed by atoms with Crippen LogP contribution in [0.1, 0.15) is 5.56 Å². The summed E-state index contributed by atoms with van der Waals surface area (Å²) < 4.78 is 0.977. The molecule has 1 aromatic heterocycles. The summed E-state index contributed by atoms with van der Waals surface area (Å²) in [6.45, 7) is 0.613. The van der Waals surface area contributed by atoms with E-state index in [4.69, 9.17) is 17.3 Å². The van der Waals surface area contributed by atoms with Crippen LogP contribution in [-0.4, -0.2) is 11.5 Å². The third-order valence-corrected chi connectivity index (χ3v) is 4.12. The van der Waals surface area contributed by atoms with Crippen molar-refractivity contribution in [3.63, 3.8) is 0 Å². The van der Waals surface area contributed by atoms with Gasteiger partial charge in [0.25, 0.3) is 0 Å². The molecule has 2 aromatic rings. The summed E-state index contributed by atoms with van der Waals surface area (Å²) in [5, 5.41) is 1.70. The molecule has 1 aromatic carbocycles. The number of benzene rings is 1. The Morgan fingerprint density at radius 2 is 2.11 bits per heavy atom. The summed E-state index contributed by atoms with van der Waals surface area (Å²) in [4.78, 5) is 5.50. The summed E-state index contributed by atoms with van der Waals surface area (Å²) >= 11 is 11.0. The monoisotopic (exact) mass is 342 g/mol. The zero-order valence-electron chi connectivity index (χ0n) is 9.57. The minimum atomic E-state index is 0.613. The van der Waals surface area contributed by atoms with Gasteiger partial charge in [0.1, 0.15) is 5.03 Å². The third-order valence-electron chi connectivity index (χ3n) is 2.35. The Labute approximate surface area is 124 Å². The van der Waals surface area contributed by atoms with E-state index in [0.29, 0.717) is 6.54 Å². The number of pyridine rings is 1. The zero-order chi connectivity index (χ0) is 13.0. The van der Waals surface area contributed by atoms with Crippen LogP contribution in [0.3, 0.4) is 0 Å². The molecule has 2 N–H and O–H groups in total. The molecule has 0 atom stereocenters. The molecule has 0 aliphatic carbocycles. The van der Waals surface area contributed by atoms with Crippen molar-refractivity contribution < 1.29 is 0 Å². The molecule has 0 bridgehead atoms. The van der Waals surface area contributed by atoms with Gasteiger partial charge in [-0.3, -0.25) is 0 Å². The van der Waals surface area contributed by atoms with Crippen molar-refractivity contribution in [1.29, 1.82) is 0 Å². The van der Waals surface area contributed by atoms with Gasteiger partial charge in [0.15, 0.2) is 0 Å². The molecule has 2 nitrogen and oxygen atoms in total. The average Bonchev–Trinajstić information content (AvgIpc) is 2.36. The molecule has 2 rings (SSSR count). The van der Waals surface area contributed by atoms with Crippen LogP contribution in [0, 0.1) is 0 Å². The Kier molecular flexibility index (Phi) is 5.06. The van der Waals surface area contributed by atoms with Crippen LogP contribution in [0.5, 0.6) is 0 Å². The first kappa shape index (κ1) is 13.9. The van der Waals surface area contributed by atoms with Gasteiger partial charge < -0.3 is 5.73 Å². The van der Waals surface area contributed by atoms with Gasteiger partial charge in [-0.15, -0.1) is 0 Å². The Balaban J connectivity index is 2.25. The molecule has 0 spiro atoms. The lowest BCUT2D eigenvalue weighted by atomic mass is 10.1. The lowest BCUT2D eigenvalue weighted by molar-refractivity contribution is 0.943. The smallest absolute Gasteiger partial charge is 0.101 e. The SMILES string of the molecule is NCCc1cc(Cl)ccc1Sc1ccc(Br)cn1. The molecule has 0 unspecified atom stereocenters. The molecule has 1 heterocycles. The minimum Gasteiger partial charge on any atom is -0.330 e. The predicted molar refractivity (Wildman–Crippen MR) is 80.3 cm³/mol. The van der Waals surface area contributed by atoms with E-state index in [0.717, 1.165) is 25.8 Å². The third kappa shape index (κ3) is 3.72. The predicted octanol–water partition coefficient (Wildman–Crippen LogP) is 4.15. The maximum atomic E-state index is 6.00. The van der Waals surface area contributed by atoms with Crippen LogP contribution >= 0.6 is 39.3 Å². The standard InChI is InChI=1S/C13H12BrClN2S/c14-10-1-4-13(17-8-10)18-12-3-2-11(15)7-9(12)5-6-16/h1-4,7-8H,5-6,16H2. The molecule has 0 aliphatic heterocycles. The Hall–Kier alpha value is -0.550. The van der Waals surface area contributed by atoms with Gasteiger partial charge in [-0.1, -0.05) is 23.4 Å². The topological polar surface area (TPSA) is 38.9 Å². The van der Waals surface area contributed by atoms with Crippen molar-refractivity contribution in [1.82, 2.24) is 4.98 Å². The van der Waals surface area contributed by atoms with Crippen LogP contribution in [0.15, 0.2) is 50.9 Å². The van der Waals surface area contributed by atoms with E-state index in [1.807, 2.05) is 30.3 Å². The van der Waals surface area contributed by atoms with Gasteiger partial charge in [0, 0.05) is 20.6 Å². The quantitative estimate of drug-likeness (QED) is 0.906. The number of rotatable bonds is 4. The normalized spacial score (nSPS) is 10.6. The van der Waals surface area contributed by atoms with Gasteiger partial charge in [0.2, 0.25) is 0 Å². The first-order valence-corrected chi connectivity index (χ1v) is 7.45. The molecule has 0 fully saturated rings. The number of hydrogen-bond donors (Lipinski definition) is 1. The molecular formula is C13H12BrClN2S. The number of halogens is 2. The van der Waals surface area contributed by atoms with E-state index >= 15 is 0 Å². The van der Waals surface area contributed by atoms with Crippen molar-refractivity contribution in [2.75, 3.05) is 6.54 Å². The first-order chi connectivity index (χ1) is 8.69. The summed E-state index contributed by atoms with van der Waals surface area (Å²) in [5.74, 6) is 0. The number of aromatic nitrogens is 1. The van der Waals surface area contributed by atoms with Crippen LogP contribution < -0.4 is 5.73 Å². The Morgan fingerprint density at radius 1 is 1.28 bits per heavy atom. The largest absolute Gasteiger partial charge is 0.330 e. The maximum Gasteiger partial charge on any atom is 0.101 e. The summed E-state index contributed by atoms with van der Waals surface area (Å²) in [5.41, 5.74) is 6.78. The van der Waals surface area contributed by atoms with Crippen molar-refractivity contribution in [2.45, 2.75) is 16.3 Å². The maximum absolute atomic E-state index is 6.00. The lowest BCUT2D eigenvalue weighted by Crippen LogP contribution is -2.03. The first-order valence-electron chi connectivity index (χ1n) is 5.47. The second kappa shape index (κ2) is 6.57. The van der Waals surface area contributed by atoms with Gasteiger partial charge in [-0.05, 0) is 64.8 Å². The molecular weight excluding hydrogens is 332 g/mol. The molecule has 0 radical (unpaired) electrons. The van der Waals surface area contributed by atoms with Crippen molar-refractivity contribution >= 4 is 39.3 Å².